The quantitative estimate of drug-likeness (QED) is 0.453. The Morgan fingerprint density at radius 1 is 1.03 bits per heavy atom. The van der Waals surface area contributed by atoms with Gasteiger partial charge in [-0.05, 0) is 60.2 Å². The Balaban J connectivity index is 1.28. The van der Waals surface area contributed by atoms with Gasteiger partial charge in [0.15, 0.2) is 0 Å². The molecule has 0 saturated carbocycles. The highest BCUT2D eigenvalue weighted by Crippen LogP contribution is 2.31. The fourth-order valence-electron chi connectivity index (χ4n) is 4.40. The molecule has 0 bridgehead atoms. The third-order valence-corrected chi connectivity index (χ3v) is 6.52. The number of nitrogens with zero attached hydrogens (tertiary/aromatic N) is 2. The molecule has 0 aliphatic carbocycles. The lowest BCUT2D eigenvalue weighted by Crippen LogP contribution is -2.38. The maximum atomic E-state index is 12.9. The van der Waals surface area contributed by atoms with Crippen molar-refractivity contribution in [3.8, 4) is 0 Å². The number of hydrogen-bond acceptors (Lipinski definition) is 5. The average molecular weight is 526 g/mol. The summed E-state index contributed by atoms with van der Waals surface area (Å²) in [5.41, 5.74) is 1.68. The van der Waals surface area contributed by atoms with Crippen molar-refractivity contribution in [3.05, 3.63) is 94.8 Å². The number of hydrogen-bond donors (Lipinski definition) is 1. The molecule has 1 N–H and O–H groups in total. The van der Waals surface area contributed by atoms with Gasteiger partial charge in [-0.2, -0.15) is 13.2 Å². The standard InChI is InChI=1S/C28H26F3N3O4/c1-38-27(37)24-10-7-21(17-32-24)26(36)33-23-8-5-19(6-9-23)20-11-13-34(14-12-20)25(35)16-18-3-2-4-22(15-18)28(29,30)31/h2-10,15,17,20H,11-14,16H2,1H3,(H,33,36). The molecule has 0 radical (unpaired) electrons. The number of amides is 2. The largest absolute Gasteiger partial charge is 0.464 e. The summed E-state index contributed by atoms with van der Waals surface area (Å²) in [5, 5.41) is 2.79. The molecular formula is C28H26F3N3O4. The molecule has 0 spiro atoms. The van der Waals surface area contributed by atoms with Crippen LogP contribution in [0, 0.1) is 0 Å². The van der Waals surface area contributed by atoms with E-state index in [-0.39, 0.29) is 29.8 Å². The second-order valence-electron chi connectivity index (χ2n) is 9.03. The molecule has 10 heteroatoms. The number of anilines is 1. The molecule has 0 unspecified atom stereocenters. The van der Waals surface area contributed by atoms with E-state index in [0.29, 0.717) is 29.9 Å². The Hall–Kier alpha value is -4.21. The lowest BCUT2D eigenvalue weighted by atomic mass is 9.89. The summed E-state index contributed by atoms with van der Waals surface area (Å²) in [5.74, 6) is -0.907. The van der Waals surface area contributed by atoms with Gasteiger partial charge < -0.3 is 15.0 Å². The minimum atomic E-state index is -4.44. The number of pyridine rings is 1. The minimum Gasteiger partial charge on any atom is -0.464 e. The van der Waals surface area contributed by atoms with Crippen LogP contribution in [0.25, 0.3) is 0 Å². The van der Waals surface area contributed by atoms with Crippen LogP contribution in [-0.2, 0) is 22.1 Å². The zero-order valence-electron chi connectivity index (χ0n) is 20.6. The van der Waals surface area contributed by atoms with Crippen LogP contribution in [0.2, 0.25) is 0 Å². The molecule has 0 atom stereocenters. The van der Waals surface area contributed by atoms with Crippen LogP contribution in [0.15, 0.2) is 66.9 Å². The van der Waals surface area contributed by atoms with Crippen molar-refractivity contribution in [1.29, 1.82) is 0 Å². The van der Waals surface area contributed by atoms with Crippen LogP contribution in [0.1, 0.15) is 56.3 Å². The maximum absolute atomic E-state index is 12.9. The van der Waals surface area contributed by atoms with E-state index in [2.05, 4.69) is 15.0 Å². The normalized spacial score (nSPS) is 14.2. The highest BCUT2D eigenvalue weighted by molar-refractivity contribution is 6.04. The van der Waals surface area contributed by atoms with Crippen LogP contribution in [0.3, 0.4) is 0 Å². The van der Waals surface area contributed by atoms with E-state index in [9.17, 15) is 27.6 Å². The third-order valence-electron chi connectivity index (χ3n) is 6.52. The lowest BCUT2D eigenvalue weighted by Gasteiger charge is -2.32. The number of aromatic nitrogens is 1. The highest BCUT2D eigenvalue weighted by atomic mass is 19.4. The first-order chi connectivity index (χ1) is 18.1. The van der Waals surface area contributed by atoms with Crippen LogP contribution in [0.4, 0.5) is 18.9 Å². The summed E-state index contributed by atoms with van der Waals surface area (Å²) in [4.78, 5) is 42.3. The number of likely N-dealkylation sites (tertiary alicyclic amines) is 1. The van der Waals surface area contributed by atoms with Crippen molar-refractivity contribution >= 4 is 23.5 Å². The Morgan fingerprint density at radius 2 is 1.74 bits per heavy atom. The number of piperidine rings is 1. The van der Waals surface area contributed by atoms with E-state index < -0.39 is 17.7 Å². The van der Waals surface area contributed by atoms with Gasteiger partial charge in [-0.15, -0.1) is 0 Å². The number of methoxy groups -OCH3 is 1. The Kier molecular flexibility index (Phi) is 8.09. The van der Waals surface area contributed by atoms with Crippen molar-refractivity contribution in [2.75, 3.05) is 25.5 Å². The van der Waals surface area contributed by atoms with Crippen molar-refractivity contribution in [1.82, 2.24) is 9.88 Å². The van der Waals surface area contributed by atoms with E-state index in [1.165, 1.54) is 37.6 Å². The van der Waals surface area contributed by atoms with Crippen LogP contribution in [0.5, 0.6) is 0 Å². The van der Waals surface area contributed by atoms with E-state index in [4.69, 9.17) is 0 Å². The Morgan fingerprint density at radius 3 is 2.34 bits per heavy atom. The van der Waals surface area contributed by atoms with E-state index in [1.807, 2.05) is 12.1 Å². The highest BCUT2D eigenvalue weighted by Gasteiger charge is 2.31. The molecule has 1 fully saturated rings. The van der Waals surface area contributed by atoms with Gasteiger partial charge in [-0.1, -0.05) is 30.3 Å². The second-order valence-corrected chi connectivity index (χ2v) is 9.03. The summed E-state index contributed by atoms with van der Waals surface area (Å²) in [6.45, 7) is 1.05. The van der Waals surface area contributed by atoms with Crippen LogP contribution < -0.4 is 5.32 Å². The monoisotopic (exact) mass is 525 g/mol. The Labute approximate surface area is 217 Å². The predicted molar refractivity (Wildman–Crippen MR) is 134 cm³/mol. The van der Waals surface area contributed by atoms with Gasteiger partial charge >= 0.3 is 12.1 Å². The summed E-state index contributed by atoms with van der Waals surface area (Å²) in [7, 11) is 1.25. The fraction of sp³-hybridized carbons (Fsp3) is 0.286. The van der Waals surface area contributed by atoms with Gasteiger partial charge in [-0.25, -0.2) is 9.78 Å². The van der Waals surface area contributed by atoms with Crippen LogP contribution in [-0.4, -0.2) is 47.9 Å². The number of rotatable bonds is 6. The lowest BCUT2D eigenvalue weighted by molar-refractivity contribution is -0.138. The topological polar surface area (TPSA) is 88.6 Å². The van der Waals surface area contributed by atoms with Gasteiger partial charge in [0.2, 0.25) is 5.91 Å². The van der Waals surface area contributed by atoms with Crippen molar-refractivity contribution in [3.63, 3.8) is 0 Å². The summed E-state index contributed by atoms with van der Waals surface area (Å²) < 4.78 is 43.4. The molecule has 2 heterocycles. The number of benzene rings is 2. The number of carbonyl (C=O) groups is 3. The zero-order chi connectivity index (χ0) is 27.3. The first-order valence-corrected chi connectivity index (χ1v) is 12.0. The first kappa shape index (κ1) is 26.8. The molecular weight excluding hydrogens is 499 g/mol. The van der Waals surface area contributed by atoms with Gasteiger partial charge in [0, 0.05) is 25.0 Å². The number of alkyl halides is 3. The van der Waals surface area contributed by atoms with Crippen molar-refractivity contribution in [2.24, 2.45) is 0 Å². The number of ether oxygens (including phenoxy) is 1. The molecule has 1 saturated heterocycles. The molecule has 3 aromatic rings. The van der Waals surface area contributed by atoms with Gasteiger partial charge in [0.25, 0.3) is 5.91 Å². The molecule has 198 valence electrons. The van der Waals surface area contributed by atoms with Crippen LogP contribution >= 0.6 is 0 Å². The molecule has 38 heavy (non-hydrogen) atoms. The van der Waals surface area contributed by atoms with E-state index >= 15 is 0 Å². The zero-order valence-corrected chi connectivity index (χ0v) is 20.6. The molecule has 4 rings (SSSR count). The number of esters is 1. The van der Waals surface area contributed by atoms with Gasteiger partial charge in [-0.3, -0.25) is 9.59 Å². The number of halogens is 3. The first-order valence-electron chi connectivity index (χ1n) is 12.0. The van der Waals surface area contributed by atoms with Gasteiger partial charge in [0.1, 0.15) is 5.69 Å². The van der Waals surface area contributed by atoms with E-state index in [1.54, 1.807) is 17.0 Å². The average Bonchev–Trinajstić information content (AvgIpc) is 2.93. The molecule has 2 aromatic carbocycles. The van der Waals surface area contributed by atoms with E-state index in [0.717, 1.165) is 30.5 Å². The number of nitrogens with one attached hydrogen (secondary N) is 1. The van der Waals surface area contributed by atoms with Crippen molar-refractivity contribution in [2.45, 2.75) is 31.4 Å². The second kappa shape index (κ2) is 11.5. The third kappa shape index (κ3) is 6.56. The minimum absolute atomic E-state index is 0.0656. The predicted octanol–water partition coefficient (Wildman–Crippen LogP) is 5.09. The summed E-state index contributed by atoms with van der Waals surface area (Å²) in [6.07, 6.45) is -1.73. The van der Waals surface area contributed by atoms with Crippen molar-refractivity contribution < 1.29 is 32.3 Å². The fourth-order valence-corrected chi connectivity index (χ4v) is 4.40. The van der Waals surface area contributed by atoms with Gasteiger partial charge in [0.05, 0.1) is 24.7 Å². The Bertz CT molecular complexity index is 1300. The molecule has 1 aromatic heterocycles. The number of carbonyl (C=O) groups excluding carboxylic acids is 3. The molecule has 2 amide bonds. The maximum Gasteiger partial charge on any atom is 0.416 e. The SMILES string of the molecule is COC(=O)c1ccc(C(=O)Nc2ccc(C3CCN(C(=O)Cc4cccc(C(F)(F)F)c4)CC3)cc2)cn1. The summed E-state index contributed by atoms with van der Waals surface area (Å²) in [6, 6.07) is 15.2. The molecule has 1 aliphatic rings. The smallest absolute Gasteiger partial charge is 0.416 e. The molecule has 1 aliphatic heterocycles. The summed E-state index contributed by atoms with van der Waals surface area (Å²) >= 11 is 0. The molecule has 7 nitrogen and oxygen atoms in total.